The van der Waals surface area contributed by atoms with Crippen molar-refractivity contribution in [2.24, 2.45) is 0 Å². The molecule has 0 spiro atoms. The first kappa shape index (κ1) is 25.3. The lowest BCUT2D eigenvalue weighted by molar-refractivity contribution is -0.243. The minimum absolute atomic E-state index is 0.0673. The predicted octanol–water partition coefficient (Wildman–Crippen LogP) is 2.00. The number of esters is 2. The summed E-state index contributed by atoms with van der Waals surface area (Å²) in [7, 11) is -4.18. The Bertz CT molecular complexity index is 1020. The molecule has 3 rings (SSSR count). The monoisotopic (exact) mass is 484 g/mol. The van der Waals surface area contributed by atoms with Crippen LogP contribution in [0.25, 0.3) is 0 Å². The summed E-state index contributed by atoms with van der Waals surface area (Å²) in [5, 5.41) is 0. The van der Waals surface area contributed by atoms with Gasteiger partial charge in [0.15, 0.2) is 29.9 Å². The van der Waals surface area contributed by atoms with Crippen LogP contribution in [0.5, 0.6) is 0 Å². The van der Waals surface area contributed by atoms with Crippen molar-refractivity contribution in [3.8, 4) is 0 Å². The molecular weight excluding hydrogens is 456 g/mol. The zero-order valence-electron chi connectivity index (χ0n) is 19.1. The van der Waals surface area contributed by atoms with Gasteiger partial charge in [-0.2, -0.15) is 8.42 Å². The van der Waals surface area contributed by atoms with Gasteiger partial charge in [-0.15, -0.1) is 0 Å². The van der Waals surface area contributed by atoms with Gasteiger partial charge in [-0.25, -0.2) is 0 Å². The summed E-state index contributed by atoms with van der Waals surface area (Å²) in [4.78, 5) is 23.7. The van der Waals surface area contributed by atoms with Gasteiger partial charge in [-0.1, -0.05) is 24.3 Å². The molecule has 0 bridgehead atoms. The largest absolute Gasteiger partial charge is 0.457 e. The van der Waals surface area contributed by atoms with Crippen molar-refractivity contribution in [3.05, 3.63) is 42.5 Å². The van der Waals surface area contributed by atoms with Crippen LogP contribution >= 0.6 is 0 Å². The minimum Gasteiger partial charge on any atom is -0.457 e. The Kier molecular flexibility index (Phi) is 7.02. The van der Waals surface area contributed by atoms with Gasteiger partial charge in [0, 0.05) is 13.8 Å². The van der Waals surface area contributed by atoms with Gasteiger partial charge < -0.3 is 23.7 Å². The van der Waals surface area contributed by atoms with Crippen LogP contribution in [0.4, 0.5) is 0 Å². The summed E-state index contributed by atoms with van der Waals surface area (Å²) in [5.41, 5.74) is -0.765. The molecule has 182 valence electrons. The third-order valence-corrected chi connectivity index (χ3v) is 6.52. The normalized spacial score (nSPS) is 29.2. The maximum atomic E-state index is 12.7. The highest BCUT2D eigenvalue weighted by molar-refractivity contribution is 7.86. The smallest absolute Gasteiger partial charge is 0.303 e. The molecular formula is C22H28O10S. The van der Waals surface area contributed by atoms with Crippen LogP contribution in [0.1, 0.15) is 33.3 Å². The SMILES string of the molecule is C=C[C@@]1(OC(C)=O)[C@@H]([C@@H](COS(=O)(=O)c2ccc(C)cc2)OC(C)=O)O[C@@H]2OC(C)(C)O[C@@H]21. The van der Waals surface area contributed by atoms with Gasteiger partial charge in [0.05, 0.1) is 4.90 Å². The highest BCUT2D eigenvalue weighted by atomic mass is 32.2. The van der Waals surface area contributed by atoms with Crippen LogP contribution in [-0.4, -0.2) is 63.0 Å². The highest BCUT2D eigenvalue weighted by Crippen LogP contribution is 2.47. The van der Waals surface area contributed by atoms with Crippen molar-refractivity contribution >= 4 is 22.1 Å². The molecule has 0 saturated carbocycles. The van der Waals surface area contributed by atoms with E-state index in [-0.39, 0.29) is 4.90 Å². The lowest BCUT2D eigenvalue weighted by atomic mass is 9.88. The van der Waals surface area contributed by atoms with E-state index < -0.39 is 64.7 Å². The van der Waals surface area contributed by atoms with Crippen molar-refractivity contribution in [2.45, 2.75) is 75.5 Å². The zero-order chi connectivity index (χ0) is 24.6. The molecule has 0 aromatic heterocycles. The Balaban J connectivity index is 1.91. The molecule has 0 amide bonds. The maximum Gasteiger partial charge on any atom is 0.303 e. The van der Waals surface area contributed by atoms with E-state index in [4.69, 9.17) is 27.9 Å². The Morgan fingerprint density at radius 3 is 2.33 bits per heavy atom. The fourth-order valence-electron chi connectivity index (χ4n) is 3.89. The topological polar surface area (TPSA) is 124 Å². The van der Waals surface area contributed by atoms with Crippen molar-refractivity contribution in [3.63, 3.8) is 0 Å². The Labute approximate surface area is 192 Å². The van der Waals surface area contributed by atoms with Gasteiger partial charge in [-0.05, 0) is 39.0 Å². The van der Waals surface area contributed by atoms with E-state index in [2.05, 4.69) is 6.58 Å². The van der Waals surface area contributed by atoms with Crippen LogP contribution < -0.4 is 0 Å². The molecule has 0 N–H and O–H groups in total. The predicted molar refractivity (Wildman–Crippen MR) is 113 cm³/mol. The van der Waals surface area contributed by atoms with E-state index in [1.54, 1.807) is 26.0 Å². The van der Waals surface area contributed by atoms with Crippen molar-refractivity contribution in [2.75, 3.05) is 6.61 Å². The zero-order valence-corrected chi connectivity index (χ0v) is 19.9. The van der Waals surface area contributed by atoms with E-state index in [1.165, 1.54) is 25.1 Å². The summed E-state index contributed by atoms with van der Waals surface area (Å²) in [5.74, 6) is -2.44. The average molecular weight is 485 g/mol. The molecule has 5 atom stereocenters. The maximum absolute atomic E-state index is 12.7. The van der Waals surface area contributed by atoms with E-state index in [0.29, 0.717) is 0 Å². The Hall–Kier alpha value is -2.31. The molecule has 0 unspecified atom stereocenters. The molecule has 2 saturated heterocycles. The van der Waals surface area contributed by atoms with Crippen LogP contribution in [0.3, 0.4) is 0 Å². The highest BCUT2D eigenvalue weighted by Gasteiger charge is 2.67. The first-order valence-electron chi connectivity index (χ1n) is 10.3. The van der Waals surface area contributed by atoms with Gasteiger partial charge >= 0.3 is 11.9 Å². The molecule has 10 nitrogen and oxygen atoms in total. The summed E-state index contributed by atoms with van der Waals surface area (Å²) >= 11 is 0. The van der Waals surface area contributed by atoms with Crippen LogP contribution in [0.2, 0.25) is 0 Å². The van der Waals surface area contributed by atoms with Gasteiger partial charge in [0.2, 0.25) is 0 Å². The fraction of sp³-hybridized carbons (Fsp3) is 0.545. The van der Waals surface area contributed by atoms with E-state index in [0.717, 1.165) is 12.5 Å². The van der Waals surface area contributed by atoms with Crippen molar-refractivity contribution in [1.29, 1.82) is 0 Å². The number of carbonyl (C=O) groups excluding carboxylic acids is 2. The van der Waals surface area contributed by atoms with E-state index in [1.807, 2.05) is 6.92 Å². The standard InChI is InChI=1S/C22H28O10S/c1-7-22(30-15(4)24)18(29-20-19(22)31-21(5,6)32-20)17(28-14(3)23)12-27-33(25,26)16-10-8-13(2)9-11-16/h7-11,17-20H,1,12H2,2-6H3/t17-,18-,19+,20-,22-/m1/s1. The number of benzene rings is 1. The quantitative estimate of drug-likeness (QED) is 0.307. The molecule has 2 fully saturated rings. The lowest BCUT2D eigenvalue weighted by Gasteiger charge is -2.37. The van der Waals surface area contributed by atoms with Gasteiger partial charge in [0.25, 0.3) is 10.1 Å². The second kappa shape index (κ2) is 9.15. The number of rotatable bonds is 8. The van der Waals surface area contributed by atoms with Crippen LogP contribution in [-0.2, 0) is 47.6 Å². The molecule has 2 heterocycles. The third-order valence-electron chi connectivity index (χ3n) is 5.22. The van der Waals surface area contributed by atoms with Crippen LogP contribution in [0.15, 0.2) is 41.8 Å². The third kappa shape index (κ3) is 5.28. The van der Waals surface area contributed by atoms with Crippen molar-refractivity contribution in [1.82, 2.24) is 0 Å². The number of hydrogen-bond acceptors (Lipinski definition) is 10. The molecule has 11 heteroatoms. The van der Waals surface area contributed by atoms with E-state index >= 15 is 0 Å². The molecule has 0 radical (unpaired) electrons. The number of fused-ring (bicyclic) bond motifs is 1. The lowest BCUT2D eigenvalue weighted by Crippen LogP contribution is -2.56. The fourth-order valence-corrected chi connectivity index (χ4v) is 4.81. The summed E-state index contributed by atoms with van der Waals surface area (Å²) in [6, 6.07) is 6.05. The molecule has 0 aliphatic carbocycles. The van der Waals surface area contributed by atoms with Gasteiger partial charge in [0.1, 0.15) is 12.7 Å². The molecule has 1 aromatic rings. The summed E-state index contributed by atoms with van der Waals surface area (Å²) in [6.07, 6.45) is -3.15. The first-order chi connectivity index (χ1) is 15.3. The Morgan fingerprint density at radius 2 is 1.79 bits per heavy atom. The first-order valence-corrected chi connectivity index (χ1v) is 11.7. The molecule has 1 aromatic carbocycles. The summed E-state index contributed by atoms with van der Waals surface area (Å²) in [6.45, 7) is 10.6. The molecule has 2 aliphatic heterocycles. The van der Waals surface area contributed by atoms with Gasteiger partial charge in [-0.3, -0.25) is 13.8 Å². The Morgan fingerprint density at radius 1 is 1.15 bits per heavy atom. The second-order valence-corrected chi connectivity index (χ2v) is 9.95. The molecule has 33 heavy (non-hydrogen) atoms. The number of aryl methyl sites for hydroxylation is 1. The number of carbonyl (C=O) groups is 2. The average Bonchev–Trinajstić information content (AvgIpc) is 3.15. The number of hydrogen-bond donors (Lipinski definition) is 0. The minimum atomic E-state index is -4.18. The molecule has 2 aliphatic rings. The van der Waals surface area contributed by atoms with Crippen LogP contribution in [0, 0.1) is 6.92 Å². The van der Waals surface area contributed by atoms with E-state index in [9.17, 15) is 18.0 Å². The van der Waals surface area contributed by atoms with Crippen molar-refractivity contribution < 1.29 is 45.9 Å². The second-order valence-electron chi connectivity index (χ2n) is 8.33. The number of ether oxygens (including phenoxy) is 5. The summed E-state index contributed by atoms with van der Waals surface area (Å²) < 4.78 is 59.0.